The van der Waals surface area contributed by atoms with Crippen LogP contribution in [0.1, 0.15) is 27.0 Å². The quantitative estimate of drug-likeness (QED) is 0.871. The van der Waals surface area contributed by atoms with E-state index < -0.39 is 11.6 Å². The Kier molecular flexibility index (Phi) is 3.32. The molecule has 0 bridgehead atoms. The fraction of sp³-hybridized carbons (Fsp3) is 0.188. The van der Waals surface area contributed by atoms with Crippen LogP contribution in [0, 0.1) is 11.6 Å². The van der Waals surface area contributed by atoms with Crippen LogP contribution in [-0.2, 0) is 19.5 Å². The van der Waals surface area contributed by atoms with Gasteiger partial charge in [0.1, 0.15) is 0 Å². The summed E-state index contributed by atoms with van der Waals surface area (Å²) in [6.45, 7) is 1.55. The first-order valence-corrected chi connectivity index (χ1v) is 6.44. The van der Waals surface area contributed by atoms with E-state index in [2.05, 4.69) is 5.32 Å². The molecule has 0 atom stereocenters. The number of carbonyl (C=O) groups is 1. The van der Waals surface area contributed by atoms with Crippen LogP contribution in [0.5, 0.6) is 0 Å². The molecule has 1 aliphatic rings. The van der Waals surface area contributed by atoms with Gasteiger partial charge in [-0.05, 0) is 28.8 Å². The Bertz CT molecular complexity index is 682. The third-order valence-corrected chi connectivity index (χ3v) is 3.54. The van der Waals surface area contributed by atoms with E-state index in [1.807, 2.05) is 12.1 Å². The van der Waals surface area contributed by atoms with Crippen molar-refractivity contribution in [2.75, 3.05) is 0 Å². The average molecular weight is 273 g/mol. The van der Waals surface area contributed by atoms with Crippen molar-refractivity contribution in [1.82, 2.24) is 5.32 Å². The van der Waals surface area contributed by atoms with Gasteiger partial charge in [0.15, 0.2) is 17.4 Å². The van der Waals surface area contributed by atoms with Crippen LogP contribution in [-0.4, -0.2) is 5.78 Å². The highest BCUT2D eigenvalue weighted by Crippen LogP contribution is 2.19. The number of Topliss-reactive ketones (excluding diaryl/α,β-unsaturated/α-hetero) is 1. The van der Waals surface area contributed by atoms with Gasteiger partial charge in [0, 0.05) is 25.1 Å². The third-order valence-electron chi connectivity index (χ3n) is 3.54. The van der Waals surface area contributed by atoms with Gasteiger partial charge in [-0.1, -0.05) is 24.3 Å². The summed E-state index contributed by atoms with van der Waals surface area (Å²) in [6, 6.07) is 9.37. The van der Waals surface area contributed by atoms with E-state index in [0.717, 1.165) is 24.7 Å². The smallest absolute Gasteiger partial charge is 0.167 e. The normalized spacial score (nSPS) is 13.3. The Morgan fingerprint density at radius 3 is 2.75 bits per heavy atom. The molecule has 0 radical (unpaired) electrons. The summed E-state index contributed by atoms with van der Waals surface area (Å²) in [5, 5.41) is 3.20. The number of carbonyl (C=O) groups excluding carboxylic acids is 1. The van der Waals surface area contributed by atoms with Crippen molar-refractivity contribution in [3.8, 4) is 0 Å². The van der Waals surface area contributed by atoms with E-state index in [-0.39, 0.29) is 17.8 Å². The Morgan fingerprint density at radius 1 is 1.10 bits per heavy atom. The van der Waals surface area contributed by atoms with E-state index in [0.29, 0.717) is 5.56 Å². The first-order chi connectivity index (χ1) is 9.65. The molecule has 0 aliphatic carbocycles. The third kappa shape index (κ3) is 2.34. The zero-order chi connectivity index (χ0) is 14.1. The van der Waals surface area contributed by atoms with Crippen molar-refractivity contribution in [2.24, 2.45) is 0 Å². The van der Waals surface area contributed by atoms with Gasteiger partial charge in [-0.2, -0.15) is 0 Å². The molecule has 4 heteroatoms. The van der Waals surface area contributed by atoms with Crippen LogP contribution in [0.15, 0.2) is 36.4 Å². The van der Waals surface area contributed by atoms with E-state index in [4.69, 9.17) is 0 Å². The summed E-state index contributed by atoms with van der Waals surface area (Å²) in [4.78, 5) is 12.2. The van der Waals surface area contributed by atoms with Crippen molar-refractivity contribution in [1.29, 1.82) is 0 Å². The monoisotopic (exact) mass is 273 g/mol. The first-order valence-electron chi connectivity index (χ1n) is 6.44. The second kappa shape index (κ2) is 5.13. The minimum Gasteiger partial charge on any atom is -0.309 e. The molecule has 0 spiro atoms. The molecule has 2 aromatic carbocycles. The molecule has 0 fully saturated rings. The van der Waals surface area contributed by atoms with Gasteiger partial charge in [-0.25, -0.2) is 8.78 Å². The summed E-state index contributed by atoms with van der Waals surface area (Å²) < 4.78 is 26.7. The predicted octanol–water partition coefficient (Wildman–Crippen LogP) is 2.99. The molecule has 0 saturated heterocycles. The fourth-order valence-electron chi connectivity index (χ4n) is 2.43. The van der Waals surface area contributed by atoms with Gasteiger partial charge in [0.2, 0.25) is 0 Å². The topological polar surface area (TPSA) is 29.1 Å². The molecule has 0 aromatic heterocycles. The van der Waals surface area contributed by atoms with Gasteiger partial charge in [0.25, 0.3) is 0 Å². The van der Waals surface area contributed by atoms with E-state index in [1.165, 1.54) is 17.7 Å². The standard InChI is InChI=1S/C16H13F2NO/c17-14-3-1-2-11(16(14)18)7-15(20)10-4-5-12-8-19-9-13(12)6-10/h1-6,19H,7-9H2. The van der Waals surface area contributed by atoms with Gasteiger partial charge in [-0.15, -0.1) is 0 Å². The SMILES string of the molecule is O=C(Cc1cccc(F)c1F)c1ccc2c(c1)CNC2. The summed E-state index contributed by atoms with van der Waals surface area (Å²) in [5.41, 5.74) is 2.90. The number of halogens is 2. The van der Waals surface area contributed by atoms with Crippen LogP contribution < -0.4 is 5.32 Å². The largest absolute Gasteiger partial charge is 0.309 e. The van der Waals surface area contributed by atoms with Crippen molar-refractivity contribution < 1.29 is 13.6 Å². The maximum Gasteiger partial charge on any atom is 0.167 e. The number of rotatable bonds is 3. The molecule has 0 amide bonds. The molecule has 0 saturated carbocycles. The highest BCUT2D eigenvalue weighted by atomic mass is 19.2. The average Bonchev–Trinajstić information content (AvgIpc) is 2.91. The van der Waals surface area contributed by atoms with Gasteiger partial charge < -0.3 is 5.32 Å². The zero-order valence-corrected chi connectivity index (χ0v) is 10.7. The molecule has 1 heterocycles. The summed E-state index contributed by atoms with van der Waals surface area (Å²) >= 11 is 0. The van der Waals surface area contributed by atoms with Crippen LogP contribution in [0.2, 0.25) is 0 Å². The van der Waals surface area contributed by atoms with E-state index in [1.54, 1.807) is 6.07 Å². The maximum atomic E-state index is 13.6. The molecule has 3 rings (SSSR count). The number of ketones is 1. The first kappa shape index (κ1) is 12.9. The number of hydrogen-bond donors (Lipinski definition) is 1. The Hall–Kier alpha value is -2.07. The number of nitrogens with one attached hydrogen (secondary N) is 1. The Balaban J connectivity index is 1.84. The number of fused-ring (bicyclic) bond motifs is 1. The molecule has 20 heavy (non-hydrogen) atoms. The lowest BCUT2D eigenvalue weighted by Crippen LogP contribution is -2.07. The Labute approximate surface area is 115 Å². The van der Waals surface area contributed by atoms with Crippen molar-refractivity contribution in [3.05, 3.63) is 70.3 Å². The summed E-state index contributed by atoms with van der Waals surface area (Å²) in [6.07, 6.45) is -0.129. The lowest BCUT2D eigenvalue weighted by Gasteiger charge is -2.05. The number of hydrogen-bond acceptors (Lipinski definition) is 2. The number of benzene rings is 2. The molecule has 1 N–H and O–H groups in total. The van der Waals surface area contributed by atoms with Crippen LogP contribution in [0.25, 0.3) is 0 Å². The lowest BCUT2D eigenvalue weighted by atomic mass is 9.99. The fourth-order valence-corrected chi connectivity index (χ4v) is 2.43. The van der Waals surface area contributed by atoms with Crippen molar-refractivity contribution in [2.45, 2.75) is 19.5 Å². The van der Waals surface area contributed by atoms with Gasteiger partial charge in [0.05, 0.1) is 0 Å². The molecular formula is C16H13F2NO. The summed E-state index contributed by atoms with van der Waals surface area (Å²) in [5.74, 6) is -2.07. The zero-order valence-electron chi connectivity index (χ0n) is 10.7. The molecule has 0 unspecified atom stereocenters. The van der Waals surface area contributed by atoms with Crippen molar-refractivity contribution in [3.63, 3.8) is 0 Å². The summed E-state index contributed by atoms with van der Waals surface area (Å²) in [7, 11) is 0. The molecule has 2 nitrogen and oxygen atoms in total. The van der Waals surface area contributed by atoms with E-state index in [9.17, 15) is 13.6 Å². The molecular weight excluding hydrogens is 260 g/mol. The second-order valence-corrected chi connectivity index (χ2v) is 4.90. The highest BCUT2D eigenvalue weighted by Gasteiger charge is 2.16. The van der Waals surface area contributed by atoms with Gasteiger partial charge >= 0.3 is 0 Å². The van der Waals surface area contributed by atoms with Crippen LogP contribution in [0.4, 0.5) is 8.78 Å². The molecule has 2 aromatic rings. The predicted molar refractivity (Wildman–Crippen MR) is 71.4 cm³/mol. The maximum absolute atomic E-state index is 13.6. The molecule has 1 aliphatic heterocycles. The van der Waals surface area contributed by atoms with Crippen LogP contribution in [0.3, 0.4) is 0 Å². The molecule has 102 valence electrons. The highest BCUT2D eigenvalue weighted by molar-refractivity contribution is 5.97. The minimum atomic E-state index is -0.941. The van der Waals surface area contributed by atoms with Crippen LogP contribution >= 0.6 is 0 Å². The van der Waals surface area contributed by atoms with E-state index >= 15 is 0 Å². The van der Waals surface area contributed by atoms with Crippen molar-refractivity contribution >= 4 is 5.78 Å². The second-order valence-electron chi connectivity index (χ2n) is 4.90. The lowest BCUT2D eigenvalue weighted by molar-refractivity contribution is 0.0991. The Morgan fingerprint density at radius 2 is 1.90 bits per heavy atom. The van der Waals surface area contributed by atoms with Gasteiger partial charge in [-0.3, -0.25) is 4.79 Å². The minimum absolute atomic E-state index is 0.0913.